The van der Waals surface area contributed by atoms with E-state index in [1.54, 1.807) is 0 Å². The normalized spacial score (nSPS) is 12.0. The van der Waals surface area contributed by atoms with Gasteiger partial charge >= 0.3 is 0 Å². The molecule has 0 fully saturated rings. The summed E-state index contributed by atoms with van der Waals surface area (Å²) in [4.78, 5) is 5.51. The van der Waals surface area contributed by atoms with Crippen LogP contribution >= 0.6 is 0 Å². The largest absolute Gasteiger partial charge is 0.394 e. The molecule has 0 heterocycles. The molecule has 0 saturated heterocycles. The Morgan fingerprint density at radius 1 is 1.09 bits per heavy atom. The van der Waals surface area contributed by atoms with Gasteiger partial charge in [-0.25, -0.2) is 4.84 Å². The molecule has 0 aliphatic carbocycles. The molecule has 0 atom stereocenters. The van der Waals surface area contributed by atoms with Crippen molar-refractivity contribution in [1.82, 2.24) is 0 Å². The van der Waals surface area contributed by atoms with Crippen molar-refractivity contribution in [2.45, 2.75) is 20.8 Å². The SMILES string of the molecule is CC[N+](CC)(CC)OCCO. The zero-order chi connectivity index (χ0) is 8.74. The van der Waals surface area contributed by atoms with Crippen LogP contribution in [0.4, 0.5) is 0 Å². The molecule has 0 aromatic rings. The monoisotopic (exact) mass is 162 g/mol. The van der Waals surface area contributed by atoms with Crippen LogP contribution < -0.4 is 0 Å². The third-order valence-corrected chi connectivity index (χ3v) is 2.19. The standard InChI is InChI=1S/C8H20NO2/c1-4-9(5-2,6-3)11-8-7-10/h10H,4-8H2,1-3H3/q+1. The van der Waals surface area contributed by atoms with Gasteiger partial charge in [0, 0.05) is 0 Å². The summed E-state index contributed by atoms with van der Waals surface area (Å²) in [5.41, 5.74) is 0. The summed E-state index contributed by atoms with van der Waals surface area (Å²) >= 11 is 0. The molecule has 0 bridgehead atoms. The Labute approximate surface area is 69.1 Å². The van der Waals surface area contributed by atoms with Crippen molar-refractivity contribution in [2.75, 3.05) is 32.8 Å². The Hall–Kier alpha value is -0.120. The summed E-state index contributed by atoms with van der Waals surface area (Å²) in [6.07, 6.45) is 0. The van der Waals surface area contributed by atoms with Gasteiger partial charge in [0.15, 0.2) is 0 Å². The van der Waals surface area contributed by atoms with Gasteiger partial charge in [-0.05, 0) is 20.8 Å². The molecule has 0 aromatic carbocycles. The first-order valence-electron chi connectivity index (χ1n) is 4.36. The molecule has 0 radical (unpaired) electrons. The maximum Gasteiger partial charge on any atom is 0.129 e. The number of hydrogen-bond acceptors (Lipinski definition) is 2. The van der Waals surface area contributed by atoms with Crippen LogP contribution in [0.15, 0.2) is 0 Å². The maximum atomic E-state index is 8.58. The van der Waals surface area contributed by atoms with E-state index in [-0.39, 0.29) is 6.61 Å². The van der Waals surface area contributed by atoms with Gasteiger partial charge in [-0.3, -0.25) is 0 Å². The first-order chi connectivity index (χ1) is 5.24. The van der Waals surface area contributed by atoms with E-state index in [2.05, 4.69) is 20.8 Å². The lowest BCUT2D eigenvalue weighted by Gasteiger charge is -2.32. The second-order valence-electron chi connectivity index (χ2n) is 2.56. The topological polar surface area (TPSA) is 29.5 Å². The number of aliphatic hydroxyl groups excluding tert-OH is 1. The molecule has 0 saturated carbocycles. The van der Waals surface area contributed by atoms with Crippen molar-refractivity contribution in [3.63, 3.8) is 0 Å². The molecule has 11 heavy (non-hydrogen) atoms. The molecule has 0 aliphatic rings. The van der Waals surface area contributed by atoms with Gasteiger partial charge in [-0.2, -0.15) is 4.65 Å². The van der Waals surface area contributed by atoms with Gasteiger partial charge in [0.2, 0.25) is 0 Å². The third kappa shape index (κ3) is 3.18. The fourth-order valence-electron chi connectivity index (χ4n) is 1.18. The molecule has 3 nitrogen and oxygen atoms in total. The first kappa shape index (κ1) is 10.9. The van der Waals surface area contributed by atoms with Crippen LogP contribution in [0.1, 0.15) is 20.8 Å². The Balaban J connectivity index is 3.84. The van der Waals surface area contributed by atoms with Crippen molar-refractivity contribution in [3.8, 4) is 0 Å². The quantitative estimate of drug-likeness (QED) is 0.462. The Morgan fingerprint density at radius 2 is 1.55 bits per heavy atom. The van der Waals surface area contributed by atoms with Gasteiger partial charge in [0.25, 0.3) is 0 Å². The minimum atomic E-state index is 0.111. The minimum Gasteiger partial charge on any atom is -0.394 e. The second-order valence-corrected chi connectivity index (χ2v) is 2.56. The zero-order valence-electron chi connectivity index (χ0n) is 7.84. The van der Waals surface area contributed by atoms with Crippen LogP contribution in [0.3, 0.4) is 0 Å². The van der Waals surface area contributed by atoms with Crippen LogP contribution in [-0.4, -0.2) is 42.6 Å². The zero-order valence-corrected chi connectivity index (χ0v) is 7.84. The summed E-state index contributed by atoms with van der Waals surface area (Å²) in [7, 11) is 0. The Morgan fingerprint density at radius 3 is 1.82 bits per heavy atom. The average molecular weight is 162 g/mol. The van der Waals surface area contributed by atoms with E-state index < -0.39 is 0 Å². The Kier molecular flexibility index (Phi) is 5.46. The maximum absolute atomic E-state index is 8.58. The molecule has 0 spiro atoms. The lowest BCUT2D eigenvalue weighted by atomic mass is 10.5. The predicted molar refractivity (Wildman–Crippen MR) is 44.9 cm³/mol. The smallest absolute Gasteiger partial charge is 0.129 e. The van der Waals surface area contributed by atoms with Crippen molar-refractivity contribution in [2.24, 2.45) is 0 Å². The summed E-state index contributed by atoms with van der Waals surface area (Å²) in [6.45, 7) is 9.75. The van der Waals surface area contributed by atoms with Gasteiger partial charge < -0.3 is 5.11 Å². The highest BCUT2D eigenvalue weighted by Crippen LogP contribution is 2.05. The van der Waals surface area contributed by atoms with Crippen molar-refractivity contribution in [3.05, 3.63) is 0 Å². The predicted octanol–water partition coefficient (Wildman–Crippen LogP) is 0.787. The third-order valence-electron chi connectivity index (χ3n) is 2.19. The number of hydrogen-bond donors (Lipinski definition) is 1. The highest BCUT2D eigenvalue weighted by molar-refractivity contribution is 4.24. The molecule has 68 valence electrons. The van der Waals surface area contributed by atoms with Crippen molar-refractivity contribution in [1.29, 1.82) is 0 Å². The lowest BCUT2D eigenvalue weighted by molar-refractivity contribution is -1.10. The van der Waals surface area contributed by atoms with E-state index in [0.29, 0.717) is 11.3 Å². The number of aliphatic hydroxyl groups is 1. The van der Waals surface area contributed by atoms with E-state index in [9.17, 15) is 0 Å². The van der Waals surface area contributed by atoms with E-state index in [1.807, 2.05) is 0 Å². The molecule has 0 unspecified atom stereocenters. The fourth-order valence-corrected chi connectivity index (χ4v) is 1.18. The van der Waals surface area contributed by atoms with Gasteiger partial charge in [0.05, 0.1) is 6.61 Å². The number of rotatable bonds is 6. The first-order valence-corrected chi connectivity index (χ1v) is 4.36. The van der Waals surface area contributed by atoms with Crippen LogP contribution in [0.5, 0.6) is 0 Å². The van der Waals surface area contributed by atoms with E-state index in [0.717, 1.165) is 19.6 Å². The lowest BCUT2D eigenvalue weighted by Crippen LogP contribution is -2.47. The van der Waals surface area contributed by atoms with E-state index in [4.69, 9.17) is 9.94 Å². The van der Waals surface area contributed by atoms with Gasteiger partial charge in [-0.1, -0.05) is 0 Å². The molecule has 0 aromatic heterocycles. The van der Waals surface area contributed by atoms with Crippen LogP contribution in [0, 0.1) is 0 Å². The molecule has 0 rings (SSSR count). The molecule has 3 heteroatoms. The number of hydroxylamine groups is 3. The molecule has 0 amide bonds. The second kappa shape index (κ2) is 5.52. The minimum absolute atomic E-state index is 0.111. The van der Waals surface area contributed by atoms with Crippen molar-refractivity contribution >= 4 is 0 Å². The van der Waals surface area contributed by atoms with E-state index >= 15 is 0 Å². The summed E-state index contributed by atoms with van der Waals surface area (Å²) in [5, 5.41) is 8.58. The van der Waals surface area contributed by atoms with Gasteiger partial charge in [0.1, 0.15) is 26.2 Å². The summed E-state index contributed by atoms with van der Waals surface area (Å²) in [6, 6.07) is 0. The Bertz CT molecular complexity index is 83.8. The van der Waals surface area contributed by atoms with E-state index in [1.165, 1.54) is 0 Å². The number of nitrogens with zero attached hydrogens (tertiary/aromatic N) is 1. The molecule has 1 N–H and O–H groups in total. The highest BCUT2D eigenvalue weighted by atomic mass is 16.7. The number of quaternary nitrogens is 1. The van der Waals surface area contributed by atoms with Crippen LogP contribution in [0.25, 0.3) is 0 Å². The van der Waals surface area contributed by atoms with Crippen molar-refractivity contribution < 1.29 is 14.6 Å². The summed E-state index contributed by atoms with van der Waals surface area (Å²) < 4.78 is 0.653. The highest BCUT2D eigenvalue weighted by Gasteiger charge is 2.21. The molecule has 0 aliphatic heterocycles. The fraction of sp³-hybridized carbons (Fsp3) is 1.00. The summed E-state index contributed by atoms with van der Waals surface area (Å²) in [5.74, 6) is 0. The van der Waals surface area contributed by atoms with Gasteiger partial charge in [-0.15, -0.1) is 0 Å². The average Bonchev–Trinajstić information content (AvgIpc) is 2.08. The van der Waals surface area contributed by atoms with Crippen LogP contribution in [-0.2, 0) is 4.84 Å². The molecular weight excluding hydrogens is 142 g/mol. The molecular formula is C8H20NO2+. The van der Waals surface area contributed by atoms with Crippen LogP contribution in [0.2, 0.25) is 0 Å².